The van der Waals surface area contributed by atoms with Crippen molar-refractivity contribution in [3.8, 4) is 0 Å². The standard InChI is InChI=1S/C52H103NO4/c1-3-5-7-9-11-13-15-17-19-20-21-22-23-24-25-26-27-28-29-30-31-33-35-37-39-41-43-45-47-51(56)52(57)53-49(48-54)50(55)46-44-42-40-38-36-34-32-18-16-14-12-10-8-6-4-2/h44,46,49-51,54-56H,3-43,45,47-48H2,1-2H3,(H,53,57)/b46-44+. The van der Waals surface area contributed by atoms with E-state index in [0.717, 1.165) is 32.1 Å². The third kappa shape index (κ3) is 43.0. The maximum Gasteiger partial charge on any atom is 0.249 e. The van der Waals surface area contributed by atoms with Gasteiger partial charge in [0.05, 0.1) is 18.8 Å². The van der Waals surface area contributed by atoms with E-state index in [1.807, 2.05) is 6.08 Å². The van der Waals surface area contributed by atoms with Crippen LogP contribution in [0.2, 0.25) is 0 Å². The third-order valence-electron chi connectivity index (χ3n) is 12.4. The van der Waals surface area contributed by atoms with Crippen LogP contribution >= 0.6 is 0 Å². The molecule has 5 nitrogen and oxygen atoms in total. The van der Waals surface area contributed by atoms with Gasteiger partial charge in [0.15, 0.2) is 0 Å². The second-order valence-corrected chi connectivity index (χ2v) is 18.1. The predicted octanol–water partition coefficient (Wildman–Crippen LogP) is 15.6. The fraction of sp³-hybridized carbons (Fsp3) is 0.942. The SMILES string of the molecule is CCCCCCCCCCCCCCC/C=C/C(O)C(CO)NC(=O)C(O)CCCCCCCCCCCCCCCCCCCCCCCCCCCCCC. The minimum absolute atomic E-state index is 0.359. The molecule has 0 bridgehead atoms. The van der Waals surface area contributed by atoms with E-state index in [1.165, 1.54) is 238 Å². The fourth-order valence-corrected chi connectivity index (χ4v) is 8.31. The minimum atomic E-state index is -1.09. The molecule has 0 saturated heterocycles. The van der Waals surface area contributed by atoms with Gasteiger partial charge < -0.3 is 20.6 Å². The lowest BCUT2D eigenvalue weighted by Crippen LogP contribution is -2.48. The van der Waals surface area contributed by atoms with E-state index in [0.29, 0.717) is 6.42 Å². The van der Waals surface area contributed by atoms with Crippen molar-refractivity contribution < 1.29 is 20.1 Å². The number of carbonyl (C=O) groups excluding carboxylic acids is 1. The van der Waals surface area contributed by atoms with Crippen molar-refractivity contribution in [2.45, 2.75) is 308 Å². The zero-order chi connectivity index (χ0) is 41.5. The second kappa shape index (κ2) is 47.8. The van der Waals surface area contributed by atoms with Crippen LogP contribution in [0.4, 0.5) is 0 Å². The van der Waals surface area contributed by atoms with Crippen molar-refractivity contribution in [1.29, 1.82) is 0 Å². The first-order chi connectivity index (χ1) is 28.1. The van der Waals surface area contributed by atoms with Gasteiger partial charge in [-0.05, 0) is 19.3 Å². The summed E-state index contributed by atoms with van der Waals surface area (Å²) in [5, 5.41) is 33.2. The molecule has 0 aliphatic carbocycles. The van der Waals surface area contributed by atoms with Crippen LogP contribution < -0.4 is 5.32 Å². The summed E-state index contributed by atoms with van der Waals surface area (Å²) in [6.45, 7) is 4.21. The number of aliphatic hydroxyl groups excluding tert-OH is 3. The topological polar surface area (TPSA) is 89.8 Å². The molecule has 0 aromatic heterocycles. The number of amides is 1. The molecule has 0 saturated carbocycles. The van der Waals surface area contributed by atoms with E-state index >= 15 is 0 Å². The van der Waals surface area contributed by atoms with E-state index in [-0.39, 0.29) is 6.61 Å². The first-order valence-corrected chi connectivity index (χ1v) is 26.0. The molecule has 5 heteroatoms. The van der Waals surface area contributed by atoms with Gasteiger partial charge in [-0.25, -0.2) is 0 Å². The van der Waals surface area contributed by atoms with Gasteiger partial charge in [-0.2, -0.15) is 0 Å². The van der Waals surface area contributed by atoms with Gasteiger partial charge in [0.2, 0.25) is 5.91 Å². The average molecular weight is 806 g/mol. The van der Waals surface area contributed by atoms with Crippen LogP contribution in [0.25, 0.3) is 0 Å². The Morgan fingerprint density at radius 1 is 0.421 bits per heavy atom. The predicted molar refractivity (Wildman–Crippen MR) is 250 cm³/mol. The lowest BCUT2D eigenvalue weighted by atomic mass is 10.0. The highest BCUT2D eigenvalue weighted by molar-refractivity contribution is 5.80. The molecule has 3 atom stereocenters. The normalized spacial score (nSPS) is 13.4. The summed E-state index contributed by atoms with van der Waals surface area (Å²) in [6, 6.07) is -0.793. The van der Waals surface area contributed by atoms with Crippen molar-refractivity contribution in [2.75, 3.05) is 6.61 Å². The summed E-state index contributed by atoms with van der Waals surface area (Å²) < 4.78 is 0. The quantitative estimate of drug-likeness (QED) is 0.0364. The maximum atomic E-state index is 12.5. The van der Waals surface area contributed by atoms with E-state index < -0.39 is 24.2 Å². The van der Waals surface area contributed by atoms with E-state index in [4.69, 9.17) is 0 Å². The molecule has 340 valence electrons. The molecular weight excluding hydrogens is 703 g/mol. The number of unbranched alkanes of at least 4 members (excludes halogenated alkanes) is 40. The number of carbonyl (C=O) groups is 1. The summed E-state index contributed by atoms with van der Waals surface area (Å²) in [5.41, 5.74) is 0. The maximum absolute atomic E-state index is 12.5. The Labute approximate surface area is 357 Å². The highest BCUT2D eigenvalue weighted by Gasteiger charge is 2.22. The lowest BCUT2D eigenvalue weighted by molar-refractivity contribution is -0.131. The molecule has 0 rings (SSSR count). The summed E-state index contributed by atoms with van der Waals surface area (Å²) in [6.07, 6.45) is 58.5. The molecule has 4 N–H and O–H groups in total. The number of nitrogens with one attached hydrogen (secondary N) is 1. The molecule has 57 heavy (non-hydrogen) atoms. The molecule has 0 radical (unpaired) electrons. The van der Waals surface area contributed by atoms with Gasteiger partial charge >= 0.3 is 0 Å². The summed E-state index contributed by atoms with van der Waals surface area (Å²) in [4.78, 5) is 12.5. The molecule has 0 fully saturated rings. The van der Waals surface area contributed by atoms with Crippen LogP contribution in [0.1, 0.15) is 290 Å². The number of hydrogen-bond acceptors (Lipinski definition) is 4. The van der Waals surface area contributed by atoms with Crippen molar-refractivity contribution >= 4 is 5.91 Å². The summed E-state index contributed by atoms with van der Waals surface area (Å²) >= 11 is 0. The fourth-order valence-electron chi connectivity index (χ4n) is 8.31. The van der Waals surface area contributed by atoms with Gasteiger partial charge in [0.25, 0.3) is 0 Å². The molecule has 3 unspecified atom stereocenters. The van der Waals surface area contributed by atoms with E-state index in [2.05, 4.69) is 19.2 Å². The molecule has 0 heterocycles. The Balaban J connectivity index is 3.52. The molecule has 0 aromatic carbocycles. The summed E-state index contributed by atoms with van der Waals surface area (Å²) in [5.74, 6) is -0.497. The highest BCUT2D eigenvalue weighted by Crippen LogP contribution is 2.17. The Morgan fingerprint density at radius 3 is 0.965 bits per heavy atom. The van der Waals surface area contributed by atoms with Crippen LogP contribution in [0, 0.1) is 0 Å². The molecular formula is C52H103NO4. The first kappa shape index (κ1) is 56.1. The van der Waals surface area contributed by atoms with Crippen LogP contribution in [-0.2, 0) is 4.79 Å². The Bertz CT molecular complexity index is 803. The Kier molecular flexibility index (Phi) is 47.0. The van der Waals surface area contributed by atoms with Gasteiger partial charge in [-0.3, -0.25) is 4.79 Å². The molecule has 0 spiro atoms. The second-order valence-electron chi connectivity index (χ2n) is 18.1. The van der Waals surface area contributed by atoms with Crippen molar-refractivity contribution in [3.05, 3.63) is 12.2 Å². The largest absolute Gasteiger partial charge is 0.394 e. The monoisotopic (exact) mass is 806 g/mol. The third-order valence-corrected chi connectivity index (χ3v) is 12.4. The van der Waals surface area contributed by atoms with E-state index in [1.54, 1.807) is 6.08 Å². The number of allylic oxidation sites excluding steroid dienone is 1. The van der Waals surface area contributed by atoms with Gasteiger partial charge in [0, 0.05) is 0 Å². The smallest absolute Gasteiger partial charge is 0.249 e. The zero-order valence-corrected chi connectivity index (χ0v) is 38.7. The number of rotatable bonds is 48. The highest BCUT2D eigenvalue weighted by atomic mass is 16.3. The first-order valence-electron chi connectivity index (χ1n) is 26.0. The van der Waals surface area contributed by atoms with Gasteiger partial charge in [-0.1, -0.05) is 283 Å². The van der Waals surface area contributed by atoms with Crippen LogP contribution in [0.5, 0.6) is 0 Å². The van der Waals surface area contributed by atoms with Crippen LogP contribution in [0.3, 0.4) is 0 Å². The van der Waals surface area contributed by atoms with E-state index in [9.17, 15) is 20.1 Å². The minimum Gasteiger partial charge on any atom is -0.394 e. The number of aliphatic hydroxyl groups is 3. The van der Waals surface area contributed by atoms with Gasteiger partial charge in [-0.15, -0.1) is 0 Å². The molecule has 0 aliphatic rings. The van der Waals surface area contributed by atoms with Crippen LogP contribution in [0.15, 0.2) is 12.2 Å². The van der Waals surface area contributed by atoms with Crippen molar-refractivity contribution in [2.24, 2.45) is 0 Å². The van der Waals surface area contributed by atoms with Crippen molar-refractivity contribution in [3.63, 3.8) is 0 Å². The van der Waals surface area contributed by atoms with Crippen molar-refractivity contribution in [1.82, 2.24) is 5.32 Å². The molecule has 0 aliphatic heterocycles. The lowest BCUT2D eigenvalue weighted by Gasteiger charge is -2.21. The molecule has 0 aromatic rings. The molecule has 1 amide bonds. The van der Waals surface area contributed by atoms with Crippen LogP contribution in [-0.4, -0.2) is 46.1 Å². The van der Waals surface area contributed by atoms with Gasteiger partial charge in [0.1, 0.15) is 6.10 Å². The Morgan fingerprint density at radius 2 is 0.684 bits per heavy atom. The number of hydrogen-bond donors (Lipinski definition) is 4. The Hall–Kier alpha value is -0.910. The average Bonchev–Trinajstić information content (AvgIpc) is 3.22. The zero-order valence-electron chi connectivity index (χ0n) is 38.7. The summed E-state index contributed by atoms with van der Waals surface area (Å²) in [7, 11) is 0.